The number of para-hydroxylation sites is 1. The molecular formula is C18H20N2O3S. The quantitative estimate of drug-likeness (QED) is 0.909. The number of fused-ring (bicyclic) bond motifs is 1. The van der Waals surface area contributed by atoms with E-state index in [4.69, 9.17) is 0 Å². The minimum Gasteiger partial charge on any atom is -0.324 e. The van der Waals surface area contributed by atoms with E-state index < -0.39 is 9.84 Å². The van der Waals surface area contributed by atoms with Crippen LogP contribution in [0.1, 0.15) is 25.0 Å². The van der Waals surface area contributed by atoms with Crippen molar-refractivity contribution in [2.75, 3.05) is 16.8 Å². The van der Waals surface area contributed by atoms with Gasteiger partial charge in [-0.05, 0) is 43.7 Å². The third-order valence-electron chi connectivity index (χ3n) is 5.45. The molecule has 1 N–H and O–H groups in total. The molecule has 1 saturated carbocycles. The first-order valence-electron chi connectivity index (χ1n) is 8.26. The Morgan fingerprint density at radius 3 is 2.71 bits per heavy atom. The monoisotopic (exact) mass is 344 g/mol. The number of pyridine rings is 1. The average Bonchev–Trinajstić information content (AvgIpc) is 3.26. The number of aryl methyl sites for hydroxylation is 1. The van der Waals surface area contributed by atoms with E-state index in [1.54, 1.807) is 0 Å². The fourth-order valence-corrected chi connectivity index (χ4v) is 5.42. The van der Waals surface area contributed by atoms with Crippen LogP contribution >= 0.6 is 0 Å². The fourth-order valence-electron chi connectivity index (χ4n) is 3.78. The molecule has 2 aliphatic rings. The number of anilines is 1. The molecule has 1 aliphatic carbocycles. The van der Waals surface area contributed by atoms with Crippen LogP contribution in [0.2, 0.25) is 0 Å². The van der Waals surface area contributed by atoms with E-state index in [1.807, 2.05) is 37.3 Å². The molecule has 1 amide bonds. The number of nitrogens with zero attached hydrogens (tertiary/aromatic N) is 1. The molecule has 0 radical (unpaired) electrons. The molecule has 2 aromatic rings. The van der Waals surface area contributed by atoms with Gasteiger partial charge < -0.3 is 5.32 Å². The third-order valence-corrected chi connectivity index (χ3v) is 7.10. The van der Waals surface area contributed by atoms with Crippen molar-refractivity contribution in [3.05, 3.63) is 36.0 Å². The number of carbonyl (C=O) groups excluding carboxylic acids is 1. The number of hydrogen-bond acceptors (Lipinski definition) is 4. The predicted octanol–water partition coefficient (Wildman–Crippen LogP) is 2.70. The lowest BCUT2D eigenvalue weighted by molar-refractivity contribution is -0.118. The summed E-state index contributed by atoms with van der Waals surface area (Å²) in [6.45, 7) is 1.93. The van der Waals surface area contributed by atoms with Crippen molar-refractivity contribution in [1.82, 2.24) is 4.98 Å². The summed E-state index contributed by atoms with van der Waals surface area (Å²) in [5.41, 5.74) is 2.34. The van der Waals surface area contributed by atoms with Crippen LogP contribution in [0.3, 0.4) is 0 Å². The summed E-state index contributed by atoms with van der Waals surface area (Å²) in [6, 6.07) is 9.70. The molecule has 1 aliphatic heterocycles. The highest BCUT2D eigenvalue weighted by atomic mass is 32.2. The molecule has 1 aromatic heterocycles. The Morgan fingerprint density at radius 2 is 1.96 bits per heavy atom. The fraction of sp³-hybridized carbons (Fsp3) is 0.444. The normalized spacial score (nSPS) is 24.0. The second-order valence-corrected chi connectivity index (χ2v) is 9.39. The predicted molar refractivity (Wildman–Crippen MR) is 93.5 cm³/mol. The van der Waals surface area contributed by atoms with Crippen LogP contribution in [0, 0.1) is 18.3 Å². The Bertz CT molecular complexity index is 922. The highest BCUT2D eigenvalue weighted by Crippen LogP contribution is 2.60. The molecule has 1 atom stereocenters. The summed E-state index contributed by atoms with van der Waals surface area (Å²) >= 11 is 0. The maximum atomic E-state index is 12.6. The highest BCUT2D eigenvalue weighted by molar-refractivity contribution is 7.91. The number of carbonyl (C=O) groups is 1. The van der Waals surface area contributed by atoms with Crippen LogP contribution in [0.15, 0.2) is 30.3 Å². The van der Waals surface area contributed by atoms with Crippen LogP contribution in [-0.2, 0) is 14.6 Å². The molecule has 4 rings (SSSR count). The number of aromatic nitrogens is 1. The smallest absolute Gasteiger partial charge is 0.228 e. The van der Waals surface area contributed by atoms with Gasteiger partial charge in [0.15, 0.2) is 0 Å². The van der Waals surface area contributed by atoms with Crippen molar-refractivity contribution in [2.45, 2.75) is 26.2 Å². The zero-order valence-electron chi connectivity index (χ0n) is 13.6. The first-order chi connectivity index (χ1) is 11.4. The standard InChI is InChI=1S/C18H20N2O3S/c1-12-5-6-13-3-2-4-15(16(13)19-12)20-17(21)14-11-18(14)7-9-24(22,23)10-8-18/h2-6,14H,7-11H2,1H3,(H,20,21)/t14-/m0/s1. The van der Waals surface area contributed by atoms with Crippen molar-refractivity contribution >= 4 is 32.3 Å². The lowest BCUT2D eigenvalue weighted by Crippen LogP contribution is -2.28. The molecule has 0 bridgehead atoms. The van der Waals surface area contributed by atoms with Gasteiger partial charge in [0.25, 0.3) is 0 Å². The van der Waals surface area contributed by atoms with E-state index in [0.717, 1.165) is 28.7 Å². The second kappa shape index (κ2) is 5.28. The average molecular weight is 344 g/mol. The van der Waals surface area contributed by atoms with Crippen molar-refractivity contribution in [3.63, 3.8) is 0 Å². The number of amides is 1. The molecule has 1 spiro atoms. The number of hydrogen-bond donors (Lipinski definition) is 1. The molecule has 2 heterocycles. The van der Waals surface area contributed by atoms with E-state index in [-0.39, 0.29) is 28.7 Å². The molecule has 24 heavy (non-hydrogen) atoms. The summed E-state index contributed by atoms with van der Waals surface area (Å²) in [7, 11) is -2.90. The summed E-state index contributed by atoms with van der Waals surface area (Å²) in [5.74, 6) is 0.343. The maximum Gasteiger partial charge on any atom is 0.228 e. The van der Waals surface area contributed by atoms with Gasteiger partial charge in [0.05, 0.1) is 22.7 Å². The number of benzene rings is 1. The van der Waals surface area contributed by atoms with Gasteiger partial charge in [-0.3, -0.25) is 9.78 Å². The van der Waals surface area contributed by atoms with E-state index >= 15 is 0 Å². The van der Waals surface area contributed by atoms with E-state index in [1.165, 1.54) is 0 Å². The molecule has 0 unspecified atom stereocenters. The van der Waals surface area contributed by atoms with Crippen molar-refractivity contribution in [2.24, 2.45) is 11.3 Å². The molecule has 126 valence electrons. The van der Waals surface area contributed by atoms with E-state index in [9.17, 15) is 13.2 Å². The van der Waals surface area contributed by atoms with Crippen LogP contribution in [0.25, 0.3) is 10.9 Å². The first kappa shape index (κ1) is 15.6. The Morgan fingerprint density at radius 1 is 1.21 bits per heavy atom. The minimum atomic E-state index is -2.90. The molecular weight excluding hydrogens is 324 g/mol. The van der Waals surface area contributed by atoms with Gasteiger partial charge >= 0.3 is 0 Å². The largest absolute Gasteiger partial charge is 0.324 e. The van der Waals surface area contributed by atoms with Crippen LogP contribution in [0.4, 0.5) is 5.69 Å². The Hall–Kier alpha value is -1.95. The molecule has 1 saturated heterocycles. The maximum absolute atomic E-state index is 12.6. The summed E-state index contributed by atoms with van der Waals surface area (Å²) in [5, 5.41) is 4.01. The van der Waals surface area contributed by atoms with E-state index in [2.05, 4.69) is 10.3 Å². The summed E-state index contributed by atoms with van der Waals surface area (Å²) in [4.78, 5) is 17.2. The van der Waals surface area contributed by atoms with E-state index in [0.29, 0.717) is 12.8 Å². The van der Waals surface area contributed by atoms with Crippen molar-refractivity contribution in [3.8, 4) is 0 Å². The third kappa shape index (κ3) is 2.69. The summed E-state index contributed by atoms with van der Waals surface area (Å²) in [6.07, 6.45) is 2.02. The Labute approximate surface area is 141 Å². The molecule has 1 aromatic carbocycles. The number of nitrogens with one attached hydrogen (secondary N) is 1. The number of rotatable bonds is 2. The van der Waals surface area contributed by atoms with Gasteiger partial charge in [-0.1, -0.05) is 18.2 Å². The van der Waals surface area contributed by atoms with Gasteiger partial charge in [-0.2, -0.15) is 0 Å². The van der Waals surface area contributed by atoms with Crippen LogP contribution in [0.5, 0.6) is 0 Å². The van der Waals surface area contributed by atoms with Crippen LogP contribution < -0.4 is 5.32 Å². The number of sulfone groups is 1. The Balaban J connectivity index is 1.53. The molecule has 5 nitrogen and oxygen atoms in total. The van der Waals surface area contributed by atoms with Crippen molar-refractivity contribution < 1.29 is 13.2 Å². The lowest BCUT2D eigenvalue weighted by Gasteiger charge is -2.22. The van der Waals surface area contributed by atoms with Crippen LogP contribution in [-0.4, -0.2) is 30.8 Å². The van der Waals surface area contributed by atoms with Crippen molar-refractivity contribution in [1.29, 1.82) is 0 Å². The first-order valence-corrected chi connectivity index (χ1v) is 10.1. The summed E-state index contributed by atoms with van der Waals surface area (Å²) < 4.78 is 23.2. The van der Waals surface area contributed by atoms with Gasteiger partial charge in [0.1, 0.15) is 9.84 Å². The van der Waals surface area contributed by atoms with Gasteiger partial charge in [-0.15, -0.1) is 0 Å². The lowest BCUT2D eigenvalue weighted by atomic mass is 9.96. The van der Waals surface area contributed by atoms with Gasteiger partial charge in [0.2, 0.25) is 5.91 Å². The SMILES string of the molecule is Cc1ccc2cccc(NC(=O)[C@@H]3CC34CCS(=O)(=O)CC4)c2n1. The molecule has 6 heteroatoms. The highest BCUT2D eigenvalue weighted by Gasteiger charge is 2.59. The van der Waals surface area contributed by atoms with Gasteiger partial charge in [0, 0.05) is 17.0 Å². The zero-order valence-corrected chi connectivity index (χ0v) is 14.4. The minimum absolute atomic E-state index is 0.00916. The van der Waals surface area contributed by atoms with Gasteiger partial charge in [-0.25, -0.2) is 8.42 Å². The zero-order chi connectivity index (χ0) is 16.9. The molecule has 2 fully saturated rings. The Kier molecular flexibility index (Phi) is 3.42. The topological polar surface area (TPSA) is 76.1 Å². The second-order valence-electron chi connectivity index (χ2n) is 7.09.